The molecule has 3 heteroatoms. The predicted molar refractivity (Wildman–Crippen MR) is 80.0 cm³/mol. The van der Waals surface area contributed by atoms with Gasteiger partial charge in [-0.2, -0.15) is 0 Å². The Morgan fingerprint density at radius 3 is 2.11 bits per heavy atom. The van der Waals surface area contributed by atoms with E-state index in [9.17, 15) is 9.59 Å². The van der Waals surface area contributed by atoms with Gasteiger partial charge in [0.15, 0.2) is 0 Å². The van der Waals surface area contributed by atoms with Gasteiger partial charge < -0.3 is 9.69 Å². The fraction of sp³-hybridized carbons (Fsp3) is 0.875. The van der Waals surface area contributed by atoms with Gasteiger partial charge in [0.1, 0.15) is 6.29 Å². The van der Waals surface area contributed by atoms with E-state index in [0.717, 1.165) is 25.5 Å². The molecular formula is C16H31NO2. The molecule has 0 radical (unpaired) electrons. The molecule has 0 aliphatic rings. The summed E-state index contributed by atoms with van der Waals surface area (Å²) in [7, 11) is 3.64. The lowest BCUT2D eigenvalue weighted by atomic mass is 9.58. The van der Waals surface area contributed by atoms with Gasteiger partial charge in [-0.25, -0.2) is 0 Å². The quantitative estimate of drug-likeness (QED) is 0.632. The first-order chi connectivity index (χ1) is 8.61. The van der Waals surface area contributed by atoms with Gasteiger partial charge in [-0.3, -0.25) is 4.79 Å². The molecule has 0 saturated carbocycles. The number of carbonyl (C=O) groups is 2. The zero-order valence-corrected chi connectivity index (χ0v) is 13.7. The van der Waals surface area contributed by atoms with Gasteiger partial charge in [-0.15, -0.1) is 0 Å². The minimum Gasteiger partial charge on any atom is -0.349 e. The number of hydrogen-bond donors (Lipinski definition) is 0. The minimum atomic E-state index is -0.132. The third-order valence-electron chi connectivity index (χ3n) is 4.82. The molecular weight excluding hydrogens is 238 g/mol. The summed E-state index contributed by atoms with van der Waals surface area (Å²) in [6.45, 7) is 10.8. The second-order valence-electron chi connectivity index (χ2n) is 6.88. The monoisotopic (exact) mass is 269 g/mol. The minimum absolute atomic E-state index is 0.00847. The van der Waals surface area contributed by atoms with Gasteiger partial charge in [0, 0.05) is 26.4 Å². The standard InChI is InChI=1S/C16H31NO2/c1-8-10-13(14(19)17(6)7)16(4,5)15(2,3)11-9-12-18/h12-13H,8-11H2,1-7H3. The first kappa shape index (κ1) is 18.1. The Balaban J connectivity index is 5.26. The maximum absolute atomic E-state index is 12.5. The van der Waals surface area contributed by atoms with Crippen molar-refractivity contribution in [3.63, 3.8) is 0 Å². The van der Waals surface area contributed by atoms with Crippen molar-refractivity contribution in [3.8, 4) is 0 Å². The van der Waals surface area contributed by atoms with Crippen LogP contribution in [0.25, 0.3) is 0 Å². The lowest BCUT2D eigenvalue weighted by Gasteiger charge is -2.47. The third-order valence-corrected chi connectivity index (χ3v) is 4.82. The van der Waals surface area contributed by atoms with Crippen molar-refractivity contribution in [1.82, 2.24) is 4.90 Å². The molecule has 0 bridgehead atoms. The molecule has 0 aromatic rings. The Morgan fingerprint density at radius 2 is 1.74 bits per heavy atom. The lowest BCUT2D eigenvalue weighted by Crippen LogP contribution is -2.46. The molecule has 0 saturated heterocycles. The maximum Gasteiger partial charge on any atom is 0.225 e. The summed E-state index contributed by atoms with van der Waals surface area (Å²) >= 11 is 0. The van der Waals surface area contributed by atoms with E-state index in [1.807, 2.05) is 14.1 Å². The molecule has 0 fully saturated rings. The van der Waals surface area contributed by atoms with Crippen LogP contribution in [0, 0.1) is 16.7 Å². The van der Waals surface area contributed by atoms with Crippen molar-refractivity contribution in [1.29, 1.82) is 0 Å². The van der Waals surface area contributed by atoms with Gasteiger partial charge in [0.05, 0.1) is 0 Å². The molecule has 1 unspecified atom stereocenters. The molecule has 3 nitrogen and oxygen atoms in total. The number of aldehydes is 1. The van der Waals surface area contributed by atoms with Crippen LogP contribution in [-0.4, -0.2) is 31.2 Å². The number of nitrogens with zero attached hydrogens (tertiary/aromatic N) is 1. The largest absolute Gasteiger partial charge is 0.349 e. The fourth-order valence-corrected chi connectivity index (χ4v) is 2.61. The topological polar surface area (TPSA) is 37.4 Å². The molecule has 0 heterocycles. The highest BCUT2D eigenvalue weighted by Gasteiger charge is 2.45. The normalized spacial score (nSPS) is 14.1. The summed E-state index contributed by atoms with van der Waals surface area (Å²) in [5.74, 6) is 0.209. The van der Waals surface area contributed by atoms with Crippen LogP contribution in [-0.2, 0) is 9.59 Å². The Bertz CT molecular complexity index is 306. The van der Waals surface area contributed by atoms with Gasteiger partial charge >= 0.3 is 0 Å². The van der Waals surface area contributed by atoms with E-state index in [0.29, 0.717) is 6.42 Å². The number of rotatable bonds is 8. The predicted octanol–water partition coefficient (Wildman–Crippen LogP) is 3.52. The zero-order valence-electron chi connectivity index (χ0n) is 13.7. The van der Waals surface area contributed by atoms with E-state index in [2.05, 4.69) is 34.6 Å². The van der Waals surface area contributed by atoms with Crippen molar-refractivity contribution in [3.05, 3.63) is 0 Å². The van der Waals surface area contributed by atoms with Crippen LogP contribution in [0.15, 0.2) is 0 Å². The molecule has 0 aromatic heterocycles. The molecule has 0 aromatic carbocycles. The van der Waals surface area contributed by atoms with Gasteiger partial charge in [0.2, 0.25) is 5.91 Å². The Labute approximate surface area is 118 Å². The van der Waals surface area contributed by atoms with Crippen LogP contribution in [0.4, 0.5) is 0 Å². The number of carbonyl (C=O) groups excluding carboxylic acids is 2. The molecule has 0 rings (SSSR count). The van der Waals surface area contributed by atoms with Crippen molar-refractivity contribution in [2.24, 2.45) is 16.7 Å². The molecule has 0 N–H and O–H groups in total. The van der Waals surface area contributed by atoms with E-state index in [4.69, 9.17) is 0 Å². The smallest absolute Gasteiger partial charge is 0.225 e. The molecule has 1 amide bonds. The Hall–Kier alpha value is -0.860. The molecule has 1 atom stereocenters. The molecule has 112 valence electrons. The zero-order chi connectivity index (χ0) is 15.3. The second-order valence-corrected chi connectivity index (χ2v) is 6.88. The molecule has 0 aliphatic carbocycles. The van der Waals surface area contributed by atoms with Gasteiger partial charge in [0.25, 0.3) is 0 Å². The average molecular weight is 269 g/mol. The van der Waals surface area contributed by atoms with Gasteiger partial charge in [-0.05, 0) is 23.7 Å². The van der Waals surface area contributed by atoms with Crippen LogP contribution in [0.3, 0.4) is 0 Å². The second kappa shape index (κ2) is 7.06. The number of hydrogen-bond acceptors (Lipinski definition) is 2. The first-order valence-corrected chi connectivity index (χ1v) is 7.26. The van der Waals surface area contributed by atoms with E-state index in [1.54, 1.807) is 4.90 Å². The summed E-state index contributed by atoms with van der Waals surface area (Å²) < 4.78 is 0. The van der Waals surface area contributed by atoms with Crippen molar-refractivity contribution in [2.75, 3.05) is 14.1 Å². The van der Waals surface area contributed by atoms with Crippen LogP contribution < -0.4 is 0 Å². The lowest BCUT2D eigenvalue weighted by molar-refractivity contribution is -0.141. The first-order valence-electron chi connectivity index (χ1n) is 7.26. The van der Waals surface area contributed by atoms with Crippen LogP contribution >= 0.6 is 0 Å². The SMILES string of the molecule is CCCC(C(=O)N(C)C)C(C)(C)C(C)(C)CCC=O. The summed E-state index contributed by atoms with van der Waals surface area (Å²) in [4.78, 5) is 24.8. The van der Waals surface area contributed by atoms with E-state index >= 15 is 0 Å². The van der Waals surface area contributed by atoms with E-state index in [-0.39, 0.29) is 22.7 Å². The maximum atomic E-state index is 12.5. The molecule has 0 spiro atoms. The summed E-state index contributed by atoms with van der Waals surface area (Å²) in [6.07, 6.45) is 4.25. The summed E-state index contributed by atoms with van der Waals surface area (Å²) in [6, 6.07) is 0. The van der Waals surface area contributed by atoms with Crippen LogP contribution in [0.2, 0.25) is 0 Å². The van der Waals surface area contributed by atoms with Crippen molar-refractivity contribution >= 4 is 12.2 Å². The number of amides is 1. The van der Waals surface area contributed by atoms with Crippen molar-refractivity contribution < 1.29 is 9.59 Å². The van der Waals surface area contributed by atoms with Gasteiger partial charge in [-0.1, -0.05) is 41.0 Å². The average Bonchev–Trinajstić information content (AvgIpc) is 2.32. The Kier molecular flexibility index (Phi) is 6.74. The fourth-order valence-electron chi connectivity index (χ4n) is 2.61. The third kappa shape index (κ3) is 4.32. The molecule has 19 heavy (non-hydrogen) atoms. The van der Waals surface area contributed by atoms with Crippen LogP contribution in [0.5, 0.6) is 0 Å². The highest BCUT2D eigenvalue weighted by molar-refractivity contribution is 5.79. The summed E-state index contributed by atoms with van der Waals surface area (Å²) in [5.41, 5.74) is -0.174. The van der Waals surface area contributed by atoms with Crippen molar-refractivity contribution in [2.45, 2.75) is 60.3 Å². The highest BCUT2D eigenvalue weighted by Crippen LogP contribution is 2.49. The van der Waals surface area contributed by atoms with Crippen LogP contribution in [0.1, 0.15) is 60.3 Å². The molecule has 0 aliphatic heterocycles. The van der Waals surface area contributed by atoms with E-state index in [1.165, 1.54) is 0 Å². The summed E-state index contributed by atoms with van der Waals surface area (Å²) in [5, 5.41) is 0. The van der Waals surface area contributed by atoms with E-state index < -0.39 is 0 Å². The Morgan fingerprint density at radius 1 is 1.21 bits per heavy atom. The highest BCUT2D eigenvalue weighted by atomic mass is 16.2.